The van der Waals surface area contributed by atoms with E-state index in [9.17, 15) is 39.3 Å². The van der Waals surface area contributed by atoms with Crippen molar-refractivity contribution >= 4 is 29.8 Å². The Labute approximate surface area is 250 Å². The number of likely N-dealkylation sites (tertiary alicyclic amines) is 1. The number of rotatable bonds is 11. The third-order valence-corrected chi connectivity index (χ3v) is 8.90. The Balaban J connectivity index is 1.42. The SMILES string of the molecule is COc1ccc2c3c1O[C@@H]1C(OC(=O)C[C@H](OC(=O)[C@H](C)O)C(=O)O[C@H](CC(=O)O)C(=O)O)=CC[C@]4(O)[C@H](C2)N(C)CC[C@@]314. The van der Waals surface area contributed by atoms with Crippen molar-refractivity contribution in [2.75, 3.05) is 20.7 Å². The van der Waals surface area contributed by atoms with Gasteiger partial charge in [0.2, 0.25) is 12.2 Å². The number of hydrogen-bond donors (Lipinski definition) is 4. The number of aliphatic hydroxyl groups excluding tert-OH is 1. The monoisotopic (exact) mass is 619 g/mol. The summed E-state index contributed by atoms with van der Waals surface area (Å²) in [4.78, 5) is 62.7. The number of carboxylic acid groups (broad SMARTS) is 2. The normalized spacial score (nSPS) is 28.2. The van der Waals surface area contributed by atoms with Gasteiger partial charge in [-0.25, -0.2) is 14.4 Å². The molecule has 7 atom stereocenters. The fourth-order valence-electron chi connectivity index (χ4n) is 6.88. The summed E-state index contributed by atoms with van der Waals surface area (Å²) in [5.41, 5.74) is -0.505. The van der Waals surface area contributed by atoms with Crippen molar-refractivity contribution in [3.8, 4) is 11.5 Å². The van der Waals surface area contributed by atoms with E-state index in [0.29, 0.717) is 30.9 Å². The van der Waals surface area contributed by atoms with Crippen molar-refractivity contribution < 1.29 is 68.1 Å². The van der Waals surface area contributed by atoms with Gasteiger partial charge in [0.25, 0.3) is 0 Å². The topological polar surface area (TPSA) is 216 Å². The maximum absolute atomic E-state index is 13.2. The highest BCUT2D eigenvalue weighted by Gasteiger charge is 2.72. The number of benzene rings is 1. The number of ether oxygens (including phenoxy) is 5. The van der Waals surface area contributed by atoms with E-state index in [-0.39, 0.29) is 18.2 Å². The number of likely N-dealkylation sites (N-methyl/N-ethyl adjacent to an activating group) is 1. The van der Waals surface area contributed by atoms with E-state index in [0.717, 1.165) is 18.1 Å². The average molecular weight is 620 g/mol. The second kappa shape index (κ2) is 11.4. The van der Waals surface area contributed by atoms with Crippen LogP contribution in [-0.4, -0.2) is 112 Å². The van der Waals surface area contributed by atoms with Gasteiger partial charge in [-0.3, -0.25) is 9.59 Å². The molecule has 0 amide bonds. The van der Waals surface area contributed by atoms with E-state index in [4.69, 9.17) is 28.8 Å². The van der Waals surface area contributed by atoms with Crippen LogP contribution in [0.2, 0.25) is 0 Å². The van der Waals surface area contributed by atoms with Crippen LogP contribution in [0.25, 0.3) is 0 Å². The molecule has 0 aromatic heterocycles. The molecule has 4 aliphatic rings. The van der Waals surface area contributed by atoms with Crippen LogP contribution in [0.1, 0.15) is 43.7 Å². The van der Waals surface area contributed by atoms with E-state index >= 15 is 0 Å². The first-order valence-electron chi connectivity index (χ1n) is 14.0. The molecule has 2 aliphatic carbocycles. The van der Waals surface area contributed by atoms with E-state index in [1.165, 1.54) is 7.11 Å². The van der Waals surface area contributed by atoms with Crippen LogP contribution in [0.4, 0.5) is 0 Å². The van der Waals surface area contributed by atoms with Gasteiger partial charge in [-0.1, -0.05) is 6.07 Å². The van der Waals surface area contributed by atoms with Gasteiger partial charge in [-0.2, -0.15) is 0 Å². The molecule has 15 heteroatoms. The molecule has 1 fully saturated rings. The van der Waals surface area contributed by atoms with Crippen LogP contribution in [0.5, 0.6) is 11.5 Å². The maximum Gasteiger partial charge on any atom is 0.348 e. The lowest BCUT2D eigenvalue weighted by Gasteiger charge is -2.61. The van der Waals surface area contributed by atoms with Crippen LogP contribution >= 0.6 is 0 Å². The lowest BCUT2D eigenvalue weighted by atomic mass is 9.50. The lowest BCUT2D eigenvalue weighted by molar-refractivity contribution is -0.184. The molecule has 2 bridgehead atoms. The third kappa shape index (κ3) is 4.94. The van der Waals surface area contributed by atoms with Gasteiger partial charge in [0.1, 0.15) is 11.9 Å². The van der Waals surface area contributed by atoms with Crippen molar-refractivity contribution in [3.63, 3.8) is 0 Å². The Morgan fingerprint density at radius 2 is 1.80 bits per heavy atom. The number of hydrogen-bond acceptors (Lipinski definition) is 13. The summed E-state index contributed by atoms with van der Waals surface area (Å²) in [5.74, 6) is -6.38. The second-order valence-electron chi connectivity index (χ2n) is 11.4. The number of carbonyl (C=O) groups is 5. The fourth-order valence-corrected chi connectivity index (χ4v) is 6.88. The molecule has 0 unspecified atom stereocenters. The first-order chi connectivity index (χ1) is 20.7. The largest absolute Gasteiger partial charge is 0.493 e. The van der Waals surface area contributed by atoms with Gasteiger partial charge in [0.05, 0.1) is 31.0 Å². The standard InChI is InChI=1S/C29H33NO14/c1-13(31)26(37)43-18(27(38)42-17(25(35)36)11-20(32)33)12-21(34)41-16-6-7-29(39)19-10-14-4-5-15(40-3)23-22(14)28(29,24(16)44-23)8-9-30(19)2/h4-6,13,17-19,24,31,39H,7-12H2,1-3H3,(H,32,33)(H,35,36)/t13-,17+,18-,19-,24+,28+,29-/m0/s1. The lowest BCUT2D eigenvalue weighted by Crippen LogP contribution is -2.74. The number of carboxylic acids is 2. The number of methoxy groups -OCH3 is 1. The molecule has 1 aromatic rings. The van der Waals surface area contributed by atoms with Gasteiger partial charge >= 0.3 is 29.8 Å². The summed E-state index contributed by atoms with van der Waals surface area (Å²) >= 11 is 0. The van der Waals surface area contributed by atoms with E-state index in [1.54, 1.807) is 12.1 Å². The molecule has 1 saturated heterocycles. The molecular formula is C29H33NO14. The number of esters is 3. The highest BCUT2D eigenvalue weighted by atomic mass is 16.6. The van der Waals surface area contributed by atoms with Crippen LogP contribution in [-0.2, 0) is 50.0 Å². The van der Waals surface area contributed by atoms with Crippen molar-refractivity contribution in [2.45, 2.75) is 80.5 Å². The smallest absolute Gasteiger partial charge is 0.348 e. The molecule has 2 heterocycles. The van der Waals surface area contributed by atoms with Gasteiger partial charge < -0.3 is 49.0 Å². The molecule has 1 spiro atoms. The zero-order valence-electron chi connectivity index (χ0n) is 24.2. The first-order valence-corrected chi connectivity index (χ1v) is 14.0. The molecule has 15 nitrogen and oxygen atoms in total. The summed E-state index contributed by atoms with van der Waals surface area (Å²) < 4.78 is 27.3. The van der Waals surface area contributed by atoms with E-state index in [1.807, 2.05) is 13.1 Å². The Hall–Kier alpha value is -4.21. The van der Waals surface area contributed by atoms with Crippen molar-refractivity contribution in [2.24, 2.45) is 0 Å². The predicted molar refractivity (Wildman–Crippen MR) is 144 cm³/mol. The number of aliphatic carboxylic acids is 2. The zero-order chi connectivity index (χ0) is 32.1. The summed E-state index contributed by atoms with van der Waals surface area (Å²) in [6.07, 6.45) is -6.27. The first kappa shape index (κ1) is 31.2. The Kier molecular flexibility index (Phi) is 8.07. The highest BCUT2D eigenvalue weighted by Crippen LogP contribution is 2.65. The quantitative estimate of drug-likeness (QED) is 0.184. The Bertz CT molecular complexity index is 1440. The number of carbonyl (C=O) groups excluding carboxylic acids is 3. The van der Waals surface area contributed by atoms with Crippen LogP contribution in [0.3, 0.4) is 0 Å². The average Bonchev–Trinajstić information content (AvgIpc) is 3.31. The number of piperidine rings is 1. The van der Waals surface area contributed by atoms with Crippen LogP contribution in [0, 0.1) is 0 Å². The van der Waals surface area contributed by atoms with Crippen LogP contribution in [0.15, 0.2) is 24.0 Å². The Morgan fingerprint density at radius 1 is 1.09 bits per heavy atom. The van der Waals surface area contributed by atoms with E-state index < -0.39 is 78.1 Å². The second-order valence-corrected chi connectivity index (χ2v) is 11.4. The molecule has 1 aromatic carbocycles. The molecule has 238 valence electrons. The van der Waals surface area contributed by atoms with E-state index in [2.05, 4.69) is 4.90 Å². The molecular weight excluding hydrogens is 586 g/mol. The minimum absolute atomic E-state index is 0.0531. The molecule has 0 saturated carbocycles. The summed E-state index contributed by atoms with van der Waals surface area (Å²) in [7, 11) is 3.43. The van der Waals surface area contributed by atoms with Gasteiger partial charge in [-0.15, -0.1) is 0 Å². The van der Waals surface area contributed by atoms with Crippen molar-refractivity contribution in [3.05, 3.63) is 35.1 Å². The summed E-state index contributed by atoms with van der Waals surface area (Å²) in [6.45, 7) is 1.66. The van der Waals surface area contributed by atoms with Gasteiger partial charge in [-0.05, 0) is 51.1 Å². The highest BCUT2D eigenvalue weighted by molar-refractivity contribution is 5.88. The molecule has 44 heavy (non-hydrogen) atoms. The third-order valence-electron chi connectivity index (χ3n) is 8.90. The minimum Gasteiger partial charge on any atom is -0.493 e. The fraction of sp³-hybridized carbons (Fsp3) is 0.552. The zero-order valence-corrected chi connectivity index (χ0v) is 24.2. The predicted octanol–water partition coefficient (Wildman–Crippen LogP) is -0.330. The van der Waals surface area contributed by atoms with Crippen molar-refractivity contribution in [1.82, 2.24) is 4.90 Å². The van der Waals surface area contributed by atoms with Crippen LogP contribution < -0.4 is 9.47 Å². The Morgan fingerprint density at radius 3 is 2.43 bits per heavy atom. The molecule has 5 rings (SSSR count). The number of nitrogens with zero attached hydrogens (tertiary/aromatic N) is 1. The van der Waals surface area contributed by atoms with Gasteiger partial charge in [0.15, 0.2) is 17.6 Å². The minimum atomic E-state index is -2.14. The van der Waals surface area contributed by atoms with Gasteiger partial charge in [0, 0.05) is 18.0 Å². The maximum atomic E-state index is 13.2. The molecule has 2 aliphatic heterocycles. The number of aliphatic hydroxyl groups is 2. The molecule has 0 radical (unpaired) electrons. The summed E-state index contributed by atoms with van der Waals surface area (Å²) in [6, 6.07) is 3.45. The van der Waals surface area contributed by atoms with Crippen molar-refractivity contribution in [1.29, 1.82) is 0 Å². The summed E-state index contributed by atoms with van der Waals surface area (Å²) in [5, 5.41) is 40.0. The molecule has 4 N–H and O–H groups in total.